The van der Waals surface area contributed by atoms with Gasteiger partial charge in [0.2, 0.25) is 16.9 Å². The Morgan fingerprint density at radius 2 is 1.88 bits per heavy atom. The van der Waals surface area contributed by atoms with Crippen molar-refractivity contribution >= 4 is 34.0 Å². The molecule has 0 bridgehead atoms. The van der Waals surface area contributed by atoms with Crippen LogP contribution in [0.4, 0.5) is 10.8 Å². The standard InChI is InChI=1S/C19H22N4O2S/c24-16-11-14(12-23(16)15-9-5-2-6-10-15)17(25)20-19-22-21-18(26-19)13-7-3-1-4-8-13/h2,5-6,9-10,13-14H,1,3-4,7-8,11-12H2,(H,20,22,25)/t14-/m0/s1. The Morgan fingerprint density at radius 3 is 2.65 bits per heavy atom. The Kier molecular flexibility index (Phi) is 4.97. The number of carbonyl (C=O) groups is 2. The van der Waals surface area contributed by atoms with Gasteiger partial charge in [-0.3, -0.25) is 9.59 Å². The van der Waals surface area contributed by atoms with Crippen molar-refractivity contribution in [3.8, 4) is 0 Å². The van der Waals surface area contributed by atoms with Crippen LogP contribution in [-0.4, -0.2) is 28.6 Å². The van der Waals surface area contributed by atoms with Gasteiger partial charge in [-0.15, -0.1) is 10.2 Å². The predicted molar refractivity (Wildman–Crippen MR) is 101 cm³/mol. The van der Waals surface area contributed by atoms with E-state index in [4.69, 9.17) is 0 Å². The molecule has 1 aliphatic heterocycles. The Hall–Kier alpha value is -2.28. The summed E-state index contributed by atoms with van der Waals surface area (Å²) in [6, 6.07) is 9.47. The van der Waals surface area contributed by atoms with Gasteiger partial charge in [-0.1, -0.05) is 48.8 Å². The fourth-order valence-electron chi connectivity index (χ4n) is 3.75. The molecule has 2 heterocycles. The molecule has 2 amide bonds. The Morgan fingerprint density at radius 1 is 1.12 bits per heavy atom. The first-order valence-electron chi connectivity index (χ1n) is 9.20. The topological polar surface area (TPSA) is 75.2 Å². The summed E-state index contributed by atoms with van der Waals surface area (Å²) in [6.07, 6.45) is 6.33. The first-order valence-corrected chi connectivity index (χ1v) is 10.0. The minimum atomic E-state index is -0.357. The van der Waals surface area contributed by atoms with E-state index in [0.717, 1.165) is 23.5 Å². The minimum absolute atomic E-state index is 0.0171. The SMILES string of the molecule is O=C(Nc1nnc(C2CCCCC2)s1)[C@H]1CC(=O)N(c2ccccc2)C1. The molecule has 2 aliphatic rings. The van der Waals surface area contributed by atoms with Gasteiger partial charge in [0.25, 0.3) is 0 Å². The quantitative estimate of drug-likeness (QED) is 0.893. The van der Waals surface area contributed by atoms with Crippen LogP contribution >= 0.6 is 11.3 Å². The number of hydrogen-bond donors (Lipinski definition) is 1. The highest BCUT2D eigenvalue weighted by atomic mass is 32.1. The summed E-state index contributed by atoms with van der Waals surface area (Å²) in [7, 11) is 0. The maximum absolute atomic E-state index is 12.6. The summed E-state index contributed by atoms with van der Waals surface area (Å²) >= 11 is 1.47. The monoisotopic (exact) mass is 370 g/mol. The van der Waals surface area contributed by atoms with E-state index in [1.54, 1.807) is 4.90 Å². The number of nitrogens with one attached hydrogen (secondary N) is 1. The van der Waals surface area contributed by atoms with Crippen LogP contribution in [0.1, 0.15) is 49.5 Å². The van der Waals surface area contributed by atoms with E-state index in [2.05, 4.69) is 15.5 Å². The lowest BCUT2D eigenvalue weighted by Crippen LogP contribution is -2.28. The molecule has 4 rings (SSSR count). The van der Waals surface area contributed by atoms with E-state index < -0.39 is 0 Å². The van der Waals surface area contributed by atoms with Crippen molar-refractivity contribution in [1.29, 1.82) is 0 Å². The molecular formula is C19H22N4O2S. The summed E-state index contributed by atoms with van der Waals surface area (Å²) in [4.78, 5) is 26.5. The van der Waals surface area contributed by atoms with Crippen molar-refractivity contribution in [2.75, 3.05) is 16.8 Å². The third kappa shape index (κ3) is 3.62. The van der Waals surface area contributed by atoms with Crippen LogP contribution in [0.15, 0.2) is 30.3 Å². The summed E-state index contributed by atoms with van der Waals surface area (Å²) in [6.45, 7) is 0.406. The van der Waals surface area contributed by atoms with E-state index in [-0.39, 0.29) is 24.2 Å². The molecule has 1 saturated carbocycles. The van der Waals surface area contributed by atoms with Gasteiger partial charge < -0.3 is 10.2 Å². The first-order chi connectivity index (χ1) is 12.7. The number of carbonyl (C=O) groups excluding carboxylic acids is 2. The molecular weight excluding hydrogens is 348 g/mol. The second-order valence-electron chi connectivity index (χ2n) is 7.01. The molecule has 1 aromatic heterocycles. The van der Waals surface area contributed by atoms with Crippen molar-refractivity contribution in [2.45, 2.75) is 44.4 Å². The summed E-state index contributed by atoms with van der Waals surface area (Å²) in [5.74, 6) is -0.0436. The maximum atomic E-state index is 12.6. The van der Waals surface area contributed by atoms with E-state index in [1.165, 1.54) is 30.6 Å². The largest absolute Gasteiger partial charge is 0.312 e. The molecule has 7 heteroatoms. The van der Waals surface area contributed by atoms with Crippen LogP contribution in [0.3, 0.4) is 0 Å². The molecule has 1 atom stereocenters. The molecule has 0 spiro atoms. The van der Waals surface area contributed by atoms with Gasteiger partial charge in [0.15, 0.2) is 0 Å². The molecule has 1 N–H and O–H groups in total. The zero-order valence-electron chi connectivity index (χ0n) is 14.6. The normalized spacial score (nSPS) is 21.2. The molecule has 6 nitrogen and oxygen atoms in total. The van der Waals surface area contributed by atoms with Crippen molar-refractivity contribution < 1.29 is 9.59 Å². The molecule has 1 aliphatic carbocycles. The van der Waals surface area contributed by atoms with Crippen molar-refractivity contribution in [3.63, 3.8) is 0 Å². The van der Waals surface area contributed by atoms with Gasteiger partial charge in [-0.05, 0) is 25.0 Å². The Balaban J connectivity index is 1.38. The molecule has 1 saturated heterocycles. The third-order valence-electron chi connectivity index (χ3n) is 5.19. The molecule has 0 unspecified atom stereocenters. The van der Waals surface area contributed by atoms with Crippen LogP contribution in [-0.2, 0) is 9.59 Å². The number of benzene rings is 1. The zero-order chi connectivity index (χ0) is 17.9. The highest BCUT2D eigenvalue weighted by Crippen LogP contribution is 2.35. The minimum Gasteiger partial charge on any atom is -0.312 e. The van der Waals surface area contributed by atoms with Gasteiger partial charge in [-0.25, -0.2) is 0 Å². The highest BCUT2D eigenvalue weighted by molar-refractivity contribution is 7.15. The van der Waals surface area contributed by atoms with Crippen LogP contribution < -0.4 is 10.2 Å². The molecule has 1 aromatic carbocycles. The number of anilines is 2. The van der Waals surface area contributed by atoms with E-state index in [0.29, 0.717) is 17.6 Å². The lowest BCUT2D eigenvalue weighted by molar-refractivity contribution is -0.122. The average molecular weight is 370 g/mol. The van der Waals surface area contributed by atoms with Crippen molar-refractivity contribution in [2.24, 2.45) is 5.92 Å². The fraction of sp³-hybridized carbons (Fsp3) is 0.474. The summed E-state index contributed by atoms with van der Waals surface area (Å²) < 4.78 is 0. The van der Waals surface area contributed by atoms with Crippen molar-refractivity contribution in [3.05, 3.63) is 35.3 Å². The van der Waals surface area contributed by atoms with Crippen LogP contribution in [0, 0.1) is 5.92 Å². The molecule has 2 aromatic rings. The smallest absolute Gasteiger partial charge is 0.231 e. The Bertz CT molecular complexity index is 786. The van der Waals surface area contributed by atoms with Gasteiger partial charge in [0.1, 0.15) is 5.01 Å². The summed E-state index contributed by atoms with van der Waals surface area (Å²) in [5, 5.41) is 12.8. The van der Waals surface area contributed by atoms with Gasteiger partial charge in [0, 0.05) is 24.6 Å². The van der Waals surface area contributed by atoms with Gasteiger partial charge in [0.05, 0.1) is 5.92 Å². The molecule has 2 fully saturated rings. The average Bonchev–Trinajstić information content (AvgIpc) is 3.30. The lowest BCUT2D eigenvalue weighted by Gasteiger charge is -2.18. The van der Waals surface area contributed by atoms with E-state index in [9.17, 15) is 9.59 Å². The predicted octanol–water partition coefficient (Wildman–Crippen LogP) is 3.58. The van der Waals surface area contributed by atoms with Crippen molar-refractivity contribution in [1.82, 2.24) is 10.2 Å². The van der Waals surface area contributed by atoms with Crippen LogP contribution in [0.2, 0.25) is 0 Å². The number of rotatable bonds is 4. The van der Waals surface area contributed by atoms with E-state index >= 15 is 0 Å². The highest BCUT2D eigenvalue weighted by Gasteiger charge is 2.35. The number of para-hydroxylation sites is 1. The molecule has 136 valence electrons. The zero-order valence-corrected chi connectivity index (χ0v) is 15.4. The fourth-order valence-corrected chi connectivity index (χ4v) is 4.66. The van der Waals surface area contributed by atoms with Crippen LogP contribution in [0.5, 0.6) is 0 Å². The van der Waals surface area contributed by atoms with Gasteiger partial charge in [-0.2, -0.15) is 0 Å². The number of nitrogens with zero attached hydrogens (tertiary/aromatic N) is 3. The second kappa shape index (κ2) is 7.53. The molecule has 0 radical (unpaired) electrons. The maximum Gasteiger partial charge on any atom is 0.231 e. The third-order valence-corrected chi connectivity index (χ3v) is 6.19. The summed E-state index contributed by atoms with van der Waals surface area (Å²) in [5.41, 5.74) is 0.836. The lowest BCUT2D eigenvalue weighted by atomic mass is 9.90. The second-order valence-corrected chi connectivity index (χ2v) is 8.02. The van der Waals surface area contributed by atoms with Crippen LogP contribution in [0.25, 0.3) is 0 Å². The number of aromatic nitrogens is 2. The number of hydrogen-bond acceptors (Lipinski definition) is 5. The first kappa shape index (κ1) is 17.1. The Labute approximate surface area is 156 Å². The van der Waals surface area contributed by atoms with Gasteiger partial charge >= 0.3 is 0 Å². The molecule has 26 heavy (non-hydrogen) atoms. The van der Waals surface area contributed by atoms with E-state index in [1.807, 2.05) is 30.3 Å². The number of amides is 2.